The molecule has 1 saturated carbocycles. The fourth-order valence-electron chi connectivity index (χ4n) is 5.90. The highest BCUT2D eigenvalue weighted by Crippen LogP contribution is 2.48. The van der Waals surface area contributed by atoms with Crippen molar-refractivity contribution in [3.05, 3.63) is 47.7 Å². The maximum absolute atomic E-state index is 13.1. The number of sulfone groups is 1. The molecule has 9 heteroatoms. The lowest BCUT2D eigenvalue weighted by atomic mass is 9.75. The molecule has 3 aliphatic rings. The van der Waals surface area contributed by atoms with Gasteiger partial charge in [0, 0.05) is 43.4 Å². The monoisotopic (exact) mass is 525 g/mol. The van der Waals surface area contributed by atoms with Crippen molar-refractivity contribution in [3.63, 3.8) is 0 Å². The van der Waals surface area contributed by atoms with Crippen LogP contribution in [-0.4, -0.2) is 74.6 Å². The zero-order valence-corrected chi connectivity index (χ0v) is 22.4. The fraction of sp³-hybridized carbons (Fsp3) is 0.536. The molecule has 2 aliphatic heterocycles. The Balaban J connectivity index is 1.24. The minimum atomic E-state index is -3.29. The van der Waals surface area contributed by atoms with E-state index in [0.717, 1.165) is 37.3 Å². The molecular weight excluding hydrogens is 490 g/mol. The van der Waals surface area contributed by atoms with Gasteiger partial charge in [0.05, 0.1) is 10.6 Å². The topological polar surface area (TPSA) is 96.9 Å². The van der Waals surface area contributed by atoms with E-state index in [1.54, 1.807) is 24.3 Å². The summed E-state index contributed by atoms with van der Waals surface area (Å²) in [7, 11) is -1.39. The first-order valence-electron chi connectivity index (χ1n) is 13.2. The zero-order valence-electron chi connectivity index (χ0n) is 21.6. The third-order valence-corrected chi connectivity index (χ3v) is 9.29. The molecule has 1 aromatic heterocycles. The Kier molecular flexibility index (Phi) is 7.11. The van der Waals surface area contributed by atoms with Crippen LogP contribution in [0, 0.1) is 5.92 Å². The maximum atomic E-state index is 13.1. The van der Waals surface area contributed by atoms with Gasteiger partial charge in [0.2, 0.25) is 5.91 Å². The highest BCUT2D eigenvalue weighted by atomic mass is 32.2. The van der Waals surface area contributed by atoms with Gasteiger partial charge in [0.1, 0.15) is 5.60 Å². The van der Waals surface area contributed by atoms with Crippen molar-refractivity contribution < 1.29 is 22.7 Å². The molecule has 1 amide bonds. The molecule has 1 saturated heterocycles. The van der Waals surface area contributed by atoms with Crippen LogP contribution in [0.5, 0.6) is 0 Å². The summed E-state index contributed by atoms with van der Waals surface area (Å²) >= 11 is 0. The van der Waals surface area contributed by atoms with Crippen molar-refractivity contribution in [3.8, 4) is 11.3 Å². The number of nitrogens with zero attached hydrogens (tertiary/aromatic N) is 3. The number of aromatic nitrogens is 1. The summed E-state index contributed by atoms with van der Waals surface area (Å²) < 4.78 is 29.4. The van der Waals surface area contributed by atoms with E-state index < -0.39 is 21.4 Å². The Morgan fingerprint density at radius 2 is 1.76 bits per heavy atom. The number of hydrogen-bond acceptors (Lipinski definition) is 7. The molecule has 1 spiro atoms. The molecule has 198 valence electrons. The minimum Gasteiger partial charge on any atom is -0.449 e. The van der Waals surface area contributed by atoms with Crippen molar-refractivity contribution in [1.82, 2.24) is 14.8 Å². The Labute approximate surface area is 218 Å². The van der Waals surface area contributed by atoms with Crippen LogP contribution in [0.25, 0.3) is 11.3 Å². The van der Waals surface area contributed by atoms with Crippen LogP contribution in [0.3, 0.4) is 0 Å². The molecule has 8 nitrogen and oxygen atoms in total. The van der Waals surface area contributed by atoms with E-state index in [9.17, 15) is 18.0 Å². The van der Waals surface area contributed by atoms with Gasteiger partial charge in [-0.15, -0.1) is 0 Å². The number of carbonyl (C=O) groups is 2. The molecular formula is C28H35N3O5S. The van der Waals surface area contributed by atoms with Gasteiger partial charge >= 0.3 is 5.97 Å². The van der Waals surface area contributed by atoms with E-state index >= 15 is 0 Å². The lowest BCUT2D eigenvalue weighted by Gasteiger charge is -2.37. The molecule has 37 heavy (non-hydrogen) atoms. The third kappa shape index (κ3) is 5.29. The van der Waals surface area contributed by atoms with Crippen LogP contribution in [0.2, 0.25) is 0 Å². The quantitative estimate of drug-likeness (QED) is 0.531. The predicted octanol–water partition coefficient (Wildman–Crippen LogP) is 3.65. The zero-order chi connectivity index (χ0) is 26.2. The molecule has 1 aromatic carbocycles. The van der Waals surface area contributed by atoms with Gasteiger partial charge in [0.15, 0.2) is 15.5 Å². The average molecular weight is 526 g/mol. The van der Waals surface area contributed by atoms with Crippen molar-refractivity contribution in [1.29, 1.82) is 0 Å². The molecule has 2 fully saturated rings. The highest BCUT2D eigenvalue weighted by molar-refractivity contribution is 7.90. The Hall–Kier alpha value is -2.78. The van der Waals surface area contributed by atoms with Crippen LogP contribution in [0.15, 0.2) is 41.3 Å². The highest BCUT2D eigenvalue weighted by Gasteiger charge is 2.49. The average Bonchev–Trinajstić information content (AvgIpc) is 3.17. The van der Waals surface area contributed by atoms with Crippen LogP contribution in [-0.2, 0) is 25.0 Å². The first kappa shape index (κ1) is 25.9. The number of likely N-dealkylation sites (N-methyl/N-ethyl adjacent to an activating group) is 1. The number of esters is 1. The number of fused-ring (bicyclic) bond motifs is 2. The number of likely N-dealkylation sites (tertiary alicyclic amines) is 1. The molecule has 0 atom stereocenters. The number of amides is 1. The van der Waals surface area contributed by atoms with E-state index in [-0.39, 0.29) is 16.7 Å². The van der Waals surface area contributed by atoms with Crippen LogP contribution < -0.4 is 0 Å². The third-order valence-electron chi connectivity index (χ3n) is 8.16. The number of pyridine rings is 1. The van der Waals surface area contributed by atoms with Gasteiger partial charge in [0.25, 0.3) is 0 Å². The Morgan fingerprint density at radius 3 is 2.41 bits per heavy atom. The number of hydrogen-bond donors (Lipinski definition) is 0. The summed E-state index contributed by atoms with van der Waals surface area (Å²) in [6.07, 6.45) is 7.52. The molecule has 2 aromatic rings. The van der Waals surface area contributed by atoms with Crippen LogP contribution >= 0.6 is 0 Å². The van der Waals surface area contributed by atoms with Gasteiger partial charge in [-0.1, -0.05) is 24.6 Å². The van der Waals surface area contributed by atoms with Crippen molar-refractivity contribution in [2.45, 2.75) is 55.4 Å². The van der Waals surface area contributed by atoms with E-state index in [2.05, 4.69) is 9.88 Å². The molecule has 0 unspecified atom stereocenters. The smallest absolute Gasteiger partial charge is 0.358 e. The SMILES string of the molecule is CN(CCN1CCCCC1)C(=O)C1CCC2(CC1)OC(=O)c1nc(-c3ccc(S(C)(=O)=O)cc3)ccc12. The van der Waals surface area contributed by atoms with Gasteiger partial charge in [-0.2, -0.15) is 0 Å². The number of ether oxygens (including phenoxy) is 1. The Bertz CT molecular complexity index is 1280. The van der Waals surface area contributed by atoms with Gasteiger partial charge in [-0.25, -0.2) is 18.2 Å². The van der Waals surface area contributed by atoms with Gasteiger partial charge < -0.3 is 14.5 Å². The van der Waals surface area contributed by atoms with Gasteiger partial charge in [-0.05, 0) is 69.8 Å². The van der Waals surface area contributed by atoms with Crippen molar-refractivity contribution >= 4 is 21.7 Å². The molecule has 5 rings (SSSR count). The summed E-state index contributed by atoms with van der Waals surface area (Å²) in [5, 5.41) is 0. The second-order valence-electron chi connectivity index (χ2n) is 10.7. The first-order chi connectivity index (χ1) is 17.7. The van der Waals surface area contributed by atoms with Crippen molar-refractivity contribution in [2.75, 3.05) is 39.5 Å². The minimum absolute atomic E-state index is 0.0553. The Morgan fingerprint density at radius 1 is 1.08 bits per heavy atom. The van der Waals surface area contributed by atoms with Crippen LogP contribution in [0.4, 0.5) is 0 Å². The lowest BCUT2D eigenvalue weighted by molar-refractivity contribution is -0.137. The summed E-state index contributed by atoms with van der Waals surface area (Å²) in [4.78, 5) is 35.1. The predicted molar refractivity (Wildman–Crippen MR) is 140 cm³/mol. The second kappa shape index (κ2) is 10.2. The summed E-state index contributed by atoms with van der Waals surface area (Å²) in [6.45, 7) is 3.92. The molecule has 3 heterocycles. The normalized spacial score (nSPS) is 24.1. The van der Waals surface area contributed by atoms with E-state index in [4.69, 9.17) is 4.74 Å². The number of piperidine rings is 1. The number of benzene rings is 1. The van der Waals surface area contributed by atoms with E-state index in [0.29, 0.717) is 37.1 Å². The van der Waals surface area contributed by atoms with E-state index in [1.807, 2.05) is 24.1 Å². The first-order valence-corrected chi connectivity index (χ1v) is 15.1. The summed E-state index contributed by atoms with van der Waals surface area (Å²) in [5.74, 6) is -0.309. The molecule has 0 radical (unpaired) electrons. The molecule has 0 N–H and O–H groups in total. The largest absolute Gasteiger partial charge is 0.449 e. The number of rotatable bonds is 6. The molecule has 1 aliphatic carbocycles. The fourth-order valence-corrected chi connectivity index (χ4v) is 6.53. The van der Waals surface area contributed by atoms with Crippen molar-refractivity contribution in [2.24, 2.45) is 5.92 Å². The lowest BCUT2D eigenvalue weighted by Crippen LogP contribution is -2.43. The summed E-state index contributed by atoms with van der Waals surface area (Å²) in [6, 6.07) is 10.2. The molecule has 0 bridgehead atoms. The van der Waals surface area contributed by atoms with Gasteiger partial charge in [-0.3, -0.25) is 4.79 Å². The van der Waals surface area contributed by atoms with Crippen LogP contribution in [0.1, 0.15) is 61.0 Å². The number of carbonyl (C=O) groups excluding carboxylic acids is 2. The second-order valence-corrected chi connectivity index (χ2v) is 12.7. The standard InChI is InChI=1S/C28H35N3O5S/c1-30(18-19-31-16-4-3-5-17-31)26(32)21-12-14-28(15-13-21)23-10-11-24(29-25(23)27(33)36-28)20-6-8-22(9-7-20)37(2,34)35/h6-11,21H,3-5,12-19H2,1-2H3. The maximum Gasteiger partial charge on any atom is 0.358 e. The van der Waals surface area contributed by atoms with E-state index in [1.165, 1.54) is 25.5 Å². The summed E-state index contributed by atoms with van der Waals surface area (Å²) in [5.41, 5.74) is 1.70.